The Balaban J connectivity index is 2.81. The van der Waals surface area contributed by atoms with E-state index in [1.165, 1.54) is 30.5 Å². The maximum absolute atomic E-state index is 13.1. The van der Waals surface area contributed by atoms with Crippen molar-refractivity contribution in [1.82, 2.24) is 9.97 Å². The highest BCUT2D eigenvalue weighted by atomic mass is 32.2. The highest BCUT2D eigenvalue weighted by Crippen LogP contribution is 2.28. The summed E-state index contributed by atoms with van der Waals surface area (Å²) in [4.78, 5) is 19.9. The number of nitrogens with zero attached hydrogens (tertiary/aromatic N) is 2. The van der Waals surface area contributed by atoms with Gasteiger partial charge in [0.1, 0.15) is 11.4 Å². The Morgan fingerprint density at radius 2 is 1.82 bits per heavy atom. The second-order valence-electron chi connectivity index (χ2n) is 5.04. The molecule has 1 heterocycles. The van der Waals surface area contributed by atoms with Crippen molar-refractivity contribution in [3.05, 3.63) is 41.3 Å². The normalized spacial score (nSPS) is 12.4. The van der Waals surface area contributed by atoms with Crippen LogP contribution in [-0.2, 0) is 10.8 Å². The molecule has 1 unspecified atom stereocenters. The van der Waals surface area contributed by atoms with Crippen LogP contribution in [0.2, 0.25) is 0 Å². The molecule has 7 heteroatoms. The fraction of sp³-hybridized carbons (Fsp3) is 0.267. The van der Waals surface area contributed by atoms with Gasteiger partial charge in [-0.1, -0.05) is 13.8 Å². The van der Waals surface area contributed by atoms with E-state index in [0.717, 1.165) is 0 Å². The van der Waals surface area contributed by atoms with Gasteiger partial charge < -0.3 is 5.11 Å². The smallest absolute Gasteiger partial charge is 0.339 e. The van der Waals surface area contributed by atoms with Gasteiger partial charge in [-0.2, -0.15) is 0 Å². The monoisotopic (exact) mass is 322 g/mol. The minimum absolute atomic E-state index is 0.0455. The van der Waals surface area contributed by atoms with Crippen LogP contribution in [0.15, 0.2) is 29.4 Å². The zero-order valence-electron chi connectivity index (χ0n) is 12.3. The van der Waals surface area contributed by atoms with Gasteiger partial charge >= 0.3 is 5.97 Å². The van der Waals surface area contributed by atoms with E-state index in [1.54, 1.807) is 13.8 Å². The van der Waals surface area contributed by atoms with Gasteiger partial charge in [-0.25, -0.2) is 19.2 Å². The SMILES string of the molecule is CC(C)c1nc(S(C)=O)nc(-c2ccc(F)cc2)c1C(=O)O. The Bertz CT molecular complexity index is 745. The van der Waals surface area contributed by atoms with E-state index in [0.29, 0.717) is 11.3 Å². The lowest BCUT2D eigenvalue weighted by Crippen LogP contribution is -2.14. The Morgan fingerprint density at radius 1 is 1.23 bits per heavy atom. The molecule has 0 aliphatic heterocycles. The van der Waals surface area contributed by atoms with Crippen molar-refractivity contribution in [2.45, 2.75) is 24.9 Å². The Hall–Kier alpha value is -2.15. The topological polar surface area (TPSA) is 80.2 Å². The van der Waals surface area contributed by atoms with E-state index in [-0.39, 0.29) is 22.3 Å². The minimum atomic E-state index is -1.45. The van der Waals surface area contributed by atoms with Crippen LogP contribution in [0, 0.1) is 5.82 Å². The van der Waals surface area contributed by atoms with Crippen LogP contribution in [0.3, 0.4) is 0 Å². The highest BCUT2D eigenvalue weighted by molar-refractivity contribution is 7.84. The van der Waals surface area contributed by atoms with Crippen molar-refractivity contribution in [2.75, 3.05) is 6.26 Å². The number of halogens is 1. The first-order valence-corrected chi connectivity index (χ1v) is 8.11. The Labute approximate surface area is 129 Å². The van der Waals surface area contributed by atoms with Crippen molar-refractivity contribution >= 4 is 16.8 Å². The van der Waals surface area contributed by atoms with Crippen LogP contribution < -0.4 is 0 Å². The lowest BCUT2D eigenvalue weighted by molar-refractivity contribution is 0.0694. The molecule has 1 N–H and O–H groups in total. The van der Waals surface area contributed by atoms with Gasteiger partial charge in [-0.05, 0) is 30.2 Å². The fourth-order valence-electron chi connectivity index (χ4n) is 2.03. The molecule has 0 fully saturated rings. The number of aromatic carboxylic acids is 1. The van der Waals surface area contributed by atoms with E-state index in [9.17, 15) is 18.5 Å². The van der Waals surface area contributed by atoms with E-state index in [1.807, 2.05) is 0 Å². The number of hydrogen-bond acceptors (Lipinski definition) is 4. The molecular formula is C15H15FN2O3S. The predicted octanol–water partition coefficient (Wildman–Crippen LogP) is 2.84. The van der Waals surface area contributed by atoms with E-state index in [2.05, 4.69) is 9.97 Å². The van der Waals surface area contributed by atoms with Gasteiger partial charge in [0.2, 0.25) is 5.16 Å². The standard InChI is InChI=1S/C15H15FN2O3S/c1-8(2)12-11(14(19)20)13(18-15(17-12)22(3)21)9-4-6-10(16)7-5-9/h4-8H,1-3H3,(H,19,20). The summed E-state index contributed by atoms with van der Waals surface area (Å²) in [7, 11) is -1.45. The van der Waals surface area contributed by atoms with Crippen LogP contribution >= 0.6 is 0 Å². The van der Waals surface area contributed by atoms with E-state index in [4.69, 9.17) is 0 Å². The molecule has 1 atom stereocenters. The van der Waals surface area contributed by atoms with Gasteiger partial charge in [-0.15, -0.1) is 0 Å². The van der Waals surface area contributed by atoms with Crippen molar-refractivity contribution < 1.29 is 18.5 Å². The molecular weight excluding hydrogens is 307 g/mol. The van der Waals surface area contributed by atoms with Crippen LogP contribution in [0.5, 0.6) is 0 Å². The van der Waals surface area contributed by atoms with E-state index >= 15 is 0 Å². The number of rotatable bonds is 4. The molecule has 0 radical (unpaired) electrons. The maximum Gasteiger partial charge on any atom is 0.339 e. The first-order valence-electron chi connectivity index (χ1n) is 6.55. The number of carbonyl (C=O) groups is 1. The number of carboxylic acid groups (broad SMARTS) is 1. The molecule has 5 nitrogen and oxygen atoms in total. The van der Waals surface area contributed by atoms with Crippen LogP contribution in [-0.4, -0.2) is 31.5 Å². The summed E-state index contributed by atoms with van der Waals surface area (Å²) in [6, 6.07) is 5.33. The zero-order valence-corrected chi connectivity index (χ0v) is 13.1. The van der Waals surface area contributed by atoms with Crippen molar-refractivity contribution in [1.29, 1.82) is 0 Å². The third-order valence-electron chi connectivity index (χ3n) is 3.05. The highest BCUT2D eigenvalue weighted by Gasteiger charge is 2.24. The first kappa shape index (κ1) is 16.2. The average molecular weight is 322 g/mol. The summed E-state index contributed by atoms with van der Waals surface area (Å²) in [5.41, 5.74) is 0.856. The molecule has 1 aromatic carbocycles. The maximum atomic E-state index is 13.1. The molecule has 0 saturated carbocycles. The second kappa shape index (κ2) is 6.31. The molecule has 0 bridgehead atoms. The number of benzene rings is 1. The van der Waals surface area contributed by atoms with Crippen molar-refractivity contribution in [3.8, 4) is 11.3 Å². The Morgan fingerprint density at radius 3 is 2.27 bits per heavy atom. The molecule has 0 saturated heterocycles. The van der Waals surface area contributed by atoms with Gasteiger partial charge in [0, 0.05) is 11.8 Å². The quantitative estimate of drug-likeness (QED) is 0.876. The van der Waals surface area contributed by atoms with Crippen molar-refractivity contribution in [2.24, 2.45) is 0 Å². The van der Waals surface area contributed by atoms with Gasteiger partial charge in [0.15, 0.2) is 0 Å². The summed E-state index contributed by atoms with van der Waals surface area (Å²) < 4.78 is 24.8. The van der Waals surface area contributed by atoms with Gasteiger partial charge in [0.05, 0.1) is 22.2 Å². The lowest BCUT2D eigenvalue weighted by atomic mass is 9.99. The molecule has 1 aromatic heterocycles. The van der Waals surface area contributed by atoms with Crippen LogP contribution in [0.1, 0.15) is 35.8 Å². The Kier molecular flexibility index (Phi) is 4.65. The van der Waals surface area contributed by atoms with Gasteiger partial charge in [0.25, 0.3) is 0 Å². The molecule has 0 amide bonds. The van der Waals surface area contributed by atoms with Crippen molar-refractivity contribution in [3.63, 3.8) is 0 Å². The van der Waals surface area contributed by atoms with Gasteiger partial charge in [-0.3, -0.25) is 4.21 Å². The molecule has 2 rings (SSSR count). The molecule has 22 heavy (non-hydrogen) atoms. The summed E-state index contributed by atoms with van der Waals surface area (Å²) in [5.74, 6) is -1.79. The first-order chi connectivity index (χ1) is 10.3. The third-order valence-corrected chi connectivity index (χ3v) is 3.75. The van der Waals surface area contributed by atoms with E-state index < -0.39 is 22.6 Å². The molecule has 116 valence electrons. The summed E-state index contributed by atoms with van der Waals surface area (Å²) >= 11 is 0. The number of carboxylic acids is 1. The largest absolute Gasteiger partial charge is 0.478 e. The summed E-state index contributed by atoms with van der Waals surface area (Å²) in [5, 5.41) is 9.57. The second-order valence-corrected chi connectivity index (χ2v) is 6.31. The zero-order chi connectivity index (χ0) is 16.4. The minimum Gasteiger partial charge on any atom is -0.478 e. The number of hydrogen-bond donors (Lipinski definition) is 1. The predicted molar refractivity (Wildman–Crippen MR) is 80.8 cm³/mol. The summed E-state index contributed by atoms with van der Waals surface area (Å²) in [6.07, 6.45) is 1.42. The average Bonchev–Trinajstić information content (AvgIpc) is 2.46. The van der Waals surface area contributed by atoms with Crippen LogP contribution in [0.25, 0.3) is 11.3 Å². The molecule has 0 aliphatic rings. The third kappa shape index (κ3) is 3.19. The fourth-order valence-corrected chi connectivity index (χ4v) is 2.48. The van der Waals surface area contributed by atoms with Crippen LogP contribution in [0.4, 0.5) is 4.39 Å². The number of aromatic nitrogens is 2. The lowest BCUT2D eigenvalue weighted by Gasteiger charge is -2.14. The molecule has 0 spiro atoms. The molecule has 0 aliphatic carbocycles. The molecule has 2 aromatic rings. The summed E-state index contributed by atoms with van der Waals surface area (Å²) in [6.45, 7) is 3.59.